The Kier molecular flexibility index (Phi) is 6.86. The molecule has 1 aliphatic heterocycles. The topological polar surface area (TPSA) is 71.5 Å². The van der Waals surface area contributed by atoms with E-state index in [2.05, 4.69) is 39.5 Å². The Labute approximate surface area is 185 Å². The molecule has 0 atom stereocenters. The molecule has 1 fully saturated rings. The number of benzene rings is 2. The second kappa shape index (κ2) is 9.96. The van der Waals surface area contributed by atoms with E-state index in [0.717, 1.165) is 49.1 Å². The number of aromatic nitrogens is 1. The normalized spacial score (nSPS) is 14.4. The van der Waals surface area contributed by atoms with Gasteiger partial charge in [-0.3, -0.25) is 14.5 Å². The second-order valence-electron chi connectivity index (χ2n) is 7.59. The third-order valence-electron chi connectivity index (χ3n) is 5.18. The summed E-state index contributed by atoms with van der Waals surface area (Å²) in [4.78, 5) is 30.7. The number of rotatable bonds is 7. The smallest absolute Gasteiger partial charge is 0.230 e. The summed E-state index contributed by atoms with van der Waals surface area (Å²) in [5.74, 6) is -0.129. The van der Waals surface area contributed by atoms with Crippen LogP contribution in [0.5, 0.6) is 0 Å². The van der Waals surface area contributed by atoms with E-state index >= 15 is 0 Å². The van der Waals surface area contributed by atoms with Crippen LogP contribution in [0.3, 0.4) is 0 Å². The van der Waals surface area contributed by atoms with Gasteiger partial charge in [-0.15, -0.1) is 11.3 Å². The van der Waals surface area contributed by atoms with E-state index in [9.17, 15) is 9.59 Å². The summed E-state index contributed by atoms with van der Waals surface area (Å²) in [7, 11) is 0. The van der Waals surface area contributed by atoms with Gasteiger partial charge in [-0.05, 0) is 36.8 Å². The highest BCUT2D eigenvalue weighted by atomic mass is 32.1. The third-order valence-corrected chi connectivity index (χ3v) is 6.12. The quantitative estimate of drug-likeness (QED) is 0.568. The summed E-state index contributed by atoms with van der Waals surface area (Å²) in [5.41, 5.74) is 4.37. The van der Waals surface area contributed by atoms with Crippen molar-refractivity contribution in [3.8, 4) is 10.6 Å². The van der Waals surface area contributed by atoms with Crippen LogP contribution in [-0.4, -0.2) is 47.9 Å². The first kappa shape index (κ1) is 21.4. The summed E-state index contributed by atoms with van der Waals surface area (Å²) >= 11 is 1.54. The molecule has 160 valence electrons. The molecule has 7 heteroatoms. The average Bonchev–Trinajstić information content (AvgIpc) is 3.23. The highest BCUT2D eigenvalue weighted by Gasteiger charge is 2.12. The predicted octanol–water partition coefficient (Wildman–Crippen LogP) is 4.03. The summed E-state index contributed by atoms with van der Waals surface area (Å²) in [5, 5.41) is 5.69. The van der Waals surface area contributed by atoms with Gasteiger partial charge in [0, 0.05) is 41.8 Å². The van der Waals surface area contributed by atoms with Gasteiger partial charge in [-0.2, -0.15) is 0 Å². The summed E-state index contributed by atoms with van der Waals surface area (Å²) in [6.07, 6.45) is 0.208. The van der Waals surface area contributed by atoms with E-state index in [-0.39, 0.29) is 18.1 Å². The number of hydrogen-bond acceptors (Lipinski definition) is 6. The molecule has 1 aliphatic rings. The first-order chi connectivity index (χ1) is 15.1. The van der Waals surface area contributed by atoms with Crippen LogP contribution < -0.4 is 5.32 Å². The first-order valence-corrected chi connectivity index (χ1v) is 11.2. The SMILES string of the molecule is CC(=O)c1ccc(NC(=O)Cc2csc(-c3ccc(CN4CCOCC4)cc3)n2)cc1. The Hall–Kier alpha value is -2.87. The number of hydrogen-bond donors (Lipinski definition) is 1. The monoisotopic (exact) mass is 435 g/mol. The van der Waals surface area contributed by atoms with Gasteiger partial charge in [0.1, 0.15) is 5.01 Å². The number of carbonyl (C=O) groups excluding carboxylic acids is 2. The fraction of sp³-hybridized carbons (Fsp3) is 0.292. The Morgan fingerprint density at radius 1 is 1.06 bits per heavy atom. The molecule has 3 aromatic rings. The molecule has 2 heterocycles. The molecule has 0 bridgehead atoms. The molecule has 1 aromatic heterocycles. The van der Waals surface area contributed by atoms with Crippen molar-refractivity contribution in [3.05, 3.63) is 70.7 Å². The molecule has 0 unspecified atom stereocenters. The Balaban J connectivity index is 1.33. The van der Waals surface area contributed by atoms with Crippen LogP contribution in [-0.2, 0) is 22.5 Å². The van der Waals surface area contributed by atoms with Crippen molar-refractivity contribution in [1.29, 1.82) is 0 Å². The number of carbonyl (C=O) groups is 2. The zero-order chi connectivity index (χ0) is 21.6. The van der Waals surface area contributed by atoms with Crippen LogP contribution in [0.25, 0.3) is 10.6 Å². The molecule has 31 heavy (non-hydrogen) atoms. The van der Waals surface area contributed by atoms with E-state index in [1.165, 1.54) is 12.5 Å². The van der Waals surface area contributed by atoms with Gasteiger partial charge < -0.3 is 10.1 Å². The van der Waals surface area contributed by atoms with E-state index in [1.807, 2.05) is 5.38 Å². The number of Topliss-reactive ketones (excluding diaryl/α,β-unsaturated/α-hetero) is 1. The Morgan fingerprint density at radius 2 is 1.77 bits per heavy atom. The lowest BCUT2D eigenvalue weighted by atomic mass is 10.1. The number of ketones is 1. The number of nitrogens with one attached hydrogen (secondary N) is 1. The summed E-state index contributed by atoms with van der Waals surface area (Å²) < 4.78 is 5.40. The van der Waals surface area contributed by atoms with Crippen LogP contribution in [0.15, 0.2) is 53.9 Å². The molecule has 1 saturated heterocycles. The van der Waals surface area contributed by atoms with Gasteiger partial charge in [0.05, 0.1) is 25.3 Å². The van der Waals surface area contributed by atoms with Crippen molar-refractivity contribution in [2.45, 2.75) is 19.9 Å². The van der Waals surface area contributed by atoms with E-state index in [4.69, 9.17) is 4.74 Å². The van der Waals surface area contributed by atoms with Crippen molar-refractivity contribution in [1.82, 2.24) is 9.88 Å². The van der Waals surface area contributed by atoms with Gasteiger partial charge in [0.2, 0.25) is 5.91 Å². The molecule has 6 nitrogen and oxygen atoms in total. The maximum Gasteiger partial charge on any atom is 0.230 e. The number of thiazole rings is 1. The minimum Gasteiger partial charge on any atom is -0.379 e. The molecular formula is C24H25N3O3S. The zero-order valence-electron chi connectivity index (χ0n) is 17.5. The zero-order valence-corrected chi connectivity index (χ0v) is 18.3. The van der Waals surface area contributed by atoms with Gasteiger partial charge in [0.15, 0.2) is 5.78 Å². The average molecular weight is 436 g/mol. The largest absolute Gasteiger partial charge is 0.379 e. The van der Waals surface area contributed by atoms with Crippen LogP contribution >= 0.6 is 11.3 Å². The lowest BCUT2D eigenvalue weighted by molar-refractivity contribution is -0.115. The fourth-order valence-corrected chi connectivity index (χ4v) is 4.27. The van der Waals surface area contributed by atoms with Crippen LogP contribution in [0.2, 0.25) is 0 Å². The third kappa shape index (κ3) is 5.85. The van der Waals surface area contributed by atoms with Gasteiger partial charge in [-0.25, -0.2) is 4.98 Å². The van der Waals surface area contributed by atoms with E-state index < -0.39 is 0 Å². The number of amides is 1. The van der Waals surface area contributed by atoms with Crippen molar-refractivity contribution in [2.75, 3.05) is 31.6 Å². The molecule has 4 rings (SSSR count). The second-order valence-corrected chi connectivity index (χ2v) is 8.45. The molecule has 1 N–H and O–H groups in total. The molecule has 2 aromatic carbocycles. The first-order valence-electron chi connectivity index (χ1n) is 10.3. The van der Waals surface area contributed by atoms with Crippen LogP contribution in [0, 0.1) is 0 Å². The minimum atomic E-state index is -0.131. The maximum atomic E-state index is 12.4. The highest BCUT2D eigenvalue weighted by Crippen LogP contribution is 2.25. The van der Waals surface area contributed by atoms with Crippen molar-refractivity contribution in [3.63, 3.8) is 0 Å². The fourth-order valence-electron chi connectivity index (χ4n) is 3.45. The number of anilines is 1. The Bertz CT molecular complexity index is 1040. The van der Waals surface area contributed by atoms with Crippen molar-refractivity contribution >= 4 is 28.7 Å². The summed E-state index contributed by atoms with van der Waals surface area (Å²) in [6.45, 7) is 6.00. The Morgan fingerprint density at radius 3 is 2.45 bits per heavy atom. The van der Waals surface area contributed by atoms with Gasteiger partial charge in [0.25, 0.3) is 0 Å². The van der Waals surface area contributed by atoms with Gasteiger partial charge >= 0.3 is 0 Å². The summed E-state index contributed by atoms with van der Waals surface area (Å²) in [6, 6.07) is 15.4. The van der Waals surface area contributed by atoms with Crippen LogP contribution in [0.1, 0.15) is 28.5 Å². The lowest BCUT2D eigenvalue weighted by Gasteiger charge is -2.26. The lowest BCUT2D eigenvalue weighted by Crippen LogP contribution is -2.35. The minimum absolute atomic E-state index is 0.00186. The van der Waals surface area contributed by atoms with E-state index in [1.54, 1.807) is 35.6 Å². The predicted molar refractivity (Wildman–Crippen MR) is 122 cm³/mol. The number of morpholine rings is 1. The molecule has 1 amide bonds. The van der Waals surface area contributed by atoms with Crippen molar-refractivity contribution < 1.29 is 14.3 Å². The number of nitrogens with zero attached hydrogens (tertiary/aromatic N) is 2. The van der Waals surface area contributed by atoms with Crippen molar-refractivity contribution in [2.24, 2.45) is 0 Å². The highest BCUT2D eigenvalue weighted by molar-refractivity contribution is 7.13. The maximum absolute atomic E-state index is 12.4. The van der Waals surface area contributed by atoms with E-state index in [0.29, 0.717) is 11.3 Å². The molecule has 0 saturated carbocycles. The van der Waals surface area contributed by atoms with Gasteiger partial charge in [-0.1, -0.05) is 24.3 Å². The molecular weight excluding hydrogens is 410 g/mol. The molecule has 0 aliphatic carbocycles. The number of ether oxygens (including phenoxy) is 1. The van der Waals surface area contributed by atoms with Crippen LogP contribution in [0.4, 0.5) is 5.69 Å². The standard InChI is InChI=1S/C24H25N3O3S/c1-17(28)19-6-8-21(9-7-19)25-23(29)14-22-16-31-24(26-22)20-4-2-18(3-5-20)15-27-10-12-30-13-11-27/h2-9,16H,10-15H2,1H3,(H,25,29). The molecule has 0 spiro atoms. The molecule has 0 radical (unpaired) electrons.